The Labute approximate surface area is 113 Å². The second-order valence-corrected chi connectivity index (χ2v) is 5.13. The average Bonchev–Trinajstić information content (AvgIpc) is 2.37. The molecule has 19 heavy (non-hydrogen) atoms. The van der Waals surface area contributed by atoms with Crippen molar-refractivity contribution in [2.75, 3.05) is 11.5 Å². The van der Waals surface area contributed by atoms with Gasteiger partial charge in [-0.3, -0.25) is 0 Å². The number of rotatable bonds is 4. The van der Waals surface area contributed by atoms with Gasteiger partial charge in [0.1, 0.15) is 5.82 Å². The summed E-state index contributed by atoms with van der Waals surface area (Å²) in [6, 6.07) is 11.4. The Morgan fingerprint density at radius 3 is 2.37 bits per heavy atom. The SMILES string of the molecule is Nc1cc(F)cc(SCC(F)(F)c2ccccc2)c1. The van der Waals surface area contributed by atoms with E-state index in [-0.39, 0.29) is 11.3 Å². The van der Waals surface area contributed by atoms with Crippen molar-refractivity contribution in [3.8, 4) is 0 Å². The van der Waals surface area contributed by atoms with E-state index < -0.39 is 17.5 Å². The first-order valence-corrected chi connectivity index (χ1v) is 6.58. The quantitative estimate of drug-likeness (QED) is 0.669. The summed E-state index contributed by atoms with van der Waals surface area (Å²) in [7, 11) is 0. The van der Waals surface area contributed by atoms with Crippen molar-refractivity contribution in [2.45, 2.75) is 10.8 Å². The number of hydrogen-bond donors (Lipinski definition) is 1. The van der Waals surface area contributed by atoms with E-state index in [1.54, 1.807) is 18.2 Å². The molecule has 2 N–H and O–H groups in total. The third-order valence-corrected chi connectivity index (χ3v) is 3.59. The lowest BCUT2D eigenvalue weighted by molar-refractivity contribution is 0.0232. The van der Waals surface area contributed by atoms with Gasteiger partial charge in [-0.05, 0) is 18.2 Å². The number of nitrogen functional groups attached to an aromatic ring is 1. The van der Waals surface area contributed by atoms with E-state index in [1.807, 2.05) is 0 Å². The van der Waals surface area contributed by atoms with Crippen LogP contribution in [0, 0.1) is 5.82 Å². The molecule has 0 saturated heterocycles. The van der Waals surface area contributed by atoms with E-state index in [2.05, 4.69) is 0 Å². The molecule has 0 saturated carbocycles. The molecule has 100 valence electrons. The van der Waals surface area contributed by atoms with Crippen LogP contribution in [0.4, 0.5) is 18.9 Å². The van der Waals surface area contributed by atoms with E-state index in [9.17, 15) is 13.2 Å². The Kier molecular flexibility index (Phi) is 4.04. The Balaban J connectivity index is 2.09. The van der Waals surface area contributed by atoms with Crippen LogP contribution in [0.3, 0.4) is 0 Å². The second-order valence-electron chi connectivity index (χ2n) is 4.08. The van der Waals surface area contributed by atoms with E-state index in [0.29, 0.717) is 4.90 Å². The summed E-state index contributed by atoms with van der Waals surface area (Å²) in [5.41, 5.74) is 5.65. The molecule has 2 rings (SSSR count). The predicted molar refractivity (Wildman–Crippen MR) is 71.9 cm³/mol. The fourth-order valence-electron chi connectivity index (χ4n) is 1.61. The number of alkyl halides is 2. The second kappa shape index (κ2) is 5.57. The maximum Gasteiger partial charge on any atom is 0.282 e. The van der Waals surface area contributed by atoms with E-state index in [4.69, 9.17) is 5.73 Å². The van der Waals surface area contributed by atoms with Crippen molar-refractivity contribution in [1.82, 2.24) is 0 Å². The van der Waals surface area contributed by atoms with Crippen molar-refractivity contribution >= 4 is 17.4 Å². The molecule has 0 aliphatic carbocycles. The smallest absolute Gasteiger partial charge is 0.282 e. The summed E-state index contributed by atoms with van der Waals surface area (Å²) in [6.07, 6.45) is 0. The normalized spacial score (nSPS) is 11.5. The number of halogens is 3. The van der Waals surface area contributed by atoms with Crippen molar-refractivity contribution < 1.29 is 13.2 Å². The van der Waals surface area contributed by atoms with Crippen molar-refractivity contribution in [3.63, 3.8) is 0 Å². The first kappa shape index (κ1) is 13.8. The molecule has 2 aromatic carbocycles. The molecule has 2 aromatic rings. The number of thioether (sulfide) groups is 1. The zero-order valence-electron chi connectivity index (χ0n) is 9.95. The van der Waals surface area contributed by atoms with E-state index in [0.717, 1.165) is 17.8 Å². The highest BCUT2D eigenvalue weighted by Gasteiger charge is 2.31. The standard InChI is InChI=1S/C14H12F3NS/c15-11-6-12(18)8-13(7-11)19-9-14(16,17)10-4-2-1-3-5-10/h1-8H,9,18H2. The zero-order chi connectivity index (χ0) is 13.9. The van der Waals surface area contributed by atoms with Gasteiger partial charge in [0.2, 0.25) is 0 Å². The third-order valence-electron chi connectivity index (χ3n) is 2.51. The molecular formula is C14H12F3NS. The van der Waals surface area contributed by atoms with Crippen molar-refractivity contribution in [1.29, 1.82) is 0 Å². The van der Waals surface area contributed by atoms with Gasteiger partial charge < -0.3 is 5.73 Å². The van der Waals surface area contributed by atoms with Crippen LogP contribution in [-0.2, 0) is 5.92 Å². The number of hydrogen-bond acceptors (Lipinski definition) is 2. The summed E-state index contributed by atoms with van der Waals surface area (Å²) in [5.74, 6) is -3.95. The molecular weight excluding hydrogens is 271 g/mol. The van der Waals surface area contributed by atoms with Crippen LogP contribution in [0.1, 0.15) is 5.56 Å². The highest BCUT2D eigenvalue weighted by Crippen LogP contribution is 2.35. The lowest BCUT2D eigenvalue weighted by Gasteiger charge is -2.16. The summed E-state index contributed by atoms with van der Waals surface area (Å²) in [6.45, 7) is 0. The molecule has 0 aromatic heterocycles. The van der Waals surface area contributed by atoms with Gasteiger partial charge in [0.15, 0.2) is 0 Å². The summed E-state index contributed by atoms with van der Waals surface area (Å²) >= 11 is 0.881. The molecule has 0 bridgehead atoms. The van der Waals surface area contributed by atoms with Crippen LogP contribution >= 0.6 is 11.8 Å². The molecule has 0 atom stereocenters. The largest absolute Gasteiger partial charge is 0.399 e. The van der Waals surface area contributed by atoms with Crippen LogP contribution in [0.25, 0.3) is 0 Å². The molecule has 0 amide bonds. The summed E-state index contributed by atoms with van der Waals surface area (Å²) < 4.78 is 40.9. The zero-order valence-corrected chi connectivity index (χ0v) is 10.8. The molecule has 0 aliphatic rings. The van der Waals surface area contributed by atoms with Gasteiger partial charge in [0.05, 0.1) is 5.75 Å². The van der Waals surface area contributed by atoms with Gasteiger partial charge in [-0.1, -0.05) is 30.3 Å². The first-order valence-electron chi connectivity index (χ1n) is 5.59. The van der Waals surface area contributed by atoms with E-state index >= 15 is 0 Å². The lowest BCUT2D eigenvalue weighted by Crippen LogP contribution is -2.16. The highest BCUT2D eigenvalue weighted by atomic mass is 32.2. The maximum atomic E-state index is 13.9. The van der Waals surface area contributed by atoms with Crippen LogP contribution in [0.5, 0.6) is 0 Å². The maximum absolute atomic E-state index is 13.9. The molecule has 5 heteroatoms. The topological polar surface area (TPSA) is 26.0 Å². The lowest BCUT2D eigenvalue weighted by atomic mass is 10.1. The Morgan fingerprint density at radius 1 is 1.05 bits per heavy atom. The Hall–Kier alpha value is -1.62. The predicted octanol–water partition coefficient (Wildman–Crippen LogP) is 4.29. The van der Waals surface area contributed by atoms with Crippen LogP contribution < -0.4 is 5.73 Å². The van der Waals surface area contributed by atoms with Gasteiger partial charge in [-0.25, -0.2) is 13.2 Å². The van der Waals surface area contributed by atoms with E-state index in [1.165, 1.54) is 24.3 Å². The third kappa shape index (κ3) is 3.67. The van der Waals surface area contributed by atoms with Crippen LogP contribution in [0.2, 0.25) is 0 Å². The minimum atomic E-state index is -2.97. The molecule has 1 nitrogen and oxygen atoms in total. The fourth-order valence-corrected chi connectivity index (χ4v) is 2.54. The van der Waals surface area contributed by atoms with Gasteiger partial charge in [-0.15, -0.1) is 11.8 Å². The molecule has 0 heterocycles. The minimum Gasteiger partial charge on any atom is -0.399 e. The van der Waals surface area contributed by atoms with Gasteiger partial charge in [0.25, 0.3) is 5.92 Å². The van der Waals surface area contributed by atoms with Crippen LogP contribution in [-0.4, -0.2) is 5.75 Å². The van der Waals surface area contributed by atoms with Crippen molar-refractivity contribution in [2.24, 2.45) is 0 Å². The van der Waals surface area contributed by atoms with Crippen molar-refractivity contribution in [3.05, 3.63) is 59.9 Å². The highest BCUT2D eigenvalue weighted by molar-refractivity contribution is 7.99. The van der Waals surface area contributed by atoms with Gasteiger partial charge in [-0.2, -0.15) is 0 Å². The molecule has 0 radical (unpaired) electrons. The fraction of sp³-hybridized carbons (Fsp3) is 0.143. The van der Waals surface area contributed by atoms with Gasteiger partial charge >= 0.3 is 0 Å². The minimum absolute atomic E-state index is 0.0492. The van der Waals surface area contributed by atoms with Gasteiger partial charge in [0, 0.05) is 16.1 Å². The van der Waals surface area contributed by atoms with Crippen LogP contribution in [0.15, 0.2) is 53.4 Å². The average molecular weight is 283 g/mol. The Morgan fingerprint density at radius 2 is 1.74 bits per heavy atom. The molecule has 0 unspecified atom stereocenters. The number of anilines is 1. The molecule has 0 aliphatic heterocycles. The Bertz CT molecular complexity index is 538. The molecule has 0 fully saturated rings. The number of benzene rings is 2. The monoisotopic (exact) mass is 283 g/mol. The molecule has 0 spiro atoms. The summed E-state index contributed by atoms with van der Waals surface area (Å²) in [4.78, 5) is 0.396. The number of nitrogens with two attached hydrogens (primary N) is 1. The summed E-state index contributed by atoms with van der Waals surface area (Å²) in [5, 5.41) is 0. The first-order chi connectivity index (χ1) is 8.97.